The highest BCUT2D eigenvalue weighted by Gasteiger charge is 2.94. The third kappa shape index (κ3) is 1.34. The molecule has 5 atom stereocenters. The van der Waals surface area contributed by atoms with Crippen LogP contribution >= 0.6 is 11.6 Å². The Hall–Kier alpha value is -2.12. The smallest absolute Gasteiger partial charge is 0.293 e. The summed E-state index contributed by atoms with van der Waals surface area (Å²) in [6.45, 7) is 2.11. The van der Waals surface area contributed by atoms with E-state index in [4.69, 9.17) is 26.8 Å². The molecule has 1 aliphatic carbocycles. The molecule has 1 saturated heterocycles. The molecule has 2 fully saturated rings. The standard InChI is InChI=1S/C16H13ClN4O2/c1-9-6-22-16(23-9)15(8-19)12(10-4-2-3-5-11(10)17)14(15,7-18)13(20)21-16/h2-5,9,12H,6H2,1H3,(H2,20,21)/t9-,12+,14+,15+,16+/m0/s1. The Labute approximate surface area is 138 Å². The van der Waals surface area contributed by atoms with Gasteiger partial charge in [-0.2, -0.15) is 10.5 Å². The van der Waals surface area contributed by atoms with E-state index < -0.39 is 22.7 Å². The van der Waals surface area contributed by atoms with E-state index in [0.717, 1.165) is 0 Å². The second kappa shape index (κ2) is 4.24. The largest absolute Gasteiger partial charge is 0.386 e. The number of fused-ring (bicyclic) bond motifs is 2. The molecule has 0 bridgehead atoms. The van der Waals surface area contributed by atoms with E-state index in [9.17, 15) is 10.5 Å². The Morgan fingerprint density at radius 1 is 1.35 bits per heavy atom. The number of halogens is 1. The van der Waals surface area contributed by atoms with E-state index in [0.29, 0.717) is 10.6 Å². The van der Waals surface area contributed by atoms with E-state index in [1.807, 2.05) is 13.0 Å². The summed E-state index contributed by atoms with van der Waals surface area (Å²) in [5.41, 5.74) is 4.15. The Balaban J connectivity index is 1.95. The molecule has 116 valence electrons. The lowest BCUT2D eigenvalue weighted by Crippen LogP contribution is -2.39. The summed E-state index contributed by atoms with van der Waals surface area (Å²) >= 11 is 6.30. The summed E-state index contributed by atoms with van der Waals surface area (Å²) < 4.78 is 11.6. The van der Waals surface area contributed by atoms with E-state index in [-0.39, 0.29) is 18.5 Å². The van der Waals surface area contributed by atoms with Crippen molar-refractivity contribution in [3.8, 4) is 12.1 Å². The van der Waals surface area contributed by atoms with Gasteiger partial charge in [0.05, 0.1) is 24.8 Å². The molecule has 4 rings (SSSR count). The van der Waals surface area contributed by atoms with Crippen molar-refractivity contribution in [2.24, 2.45) is 21.6 Å². The Kier molecular flexibility index (Phi) is 2.67. The van der Waals surface area contributed by atoms with Gasteiger partial charge in [0.15, 0.2) is 5.41 Å². The number of aliphatic imine (C=N–C) groups is 1. The molecule has 3 aliphatic rings. The number of nitriles is 2. The molecule has 1 aromatic carbocycles. The minimum Gasteiger partial charge on any atom is -0.386 e. The topological polar surface area (TPSA) is 104 Å². The fourth-order valence-corrected chi connectivity index (χ4v) is 4.28. The second-order valence-electron chi connectivity index (χ2n) is 6.11. The molecule has 1 aromatic rings. The molecule has 6 nitrogen and oxygen atoms in total. The van der Waals surface area contributed by atoms with Crippen LogP contribution < -0.4 is 5.73 Å². The maximum absolute atomic E-state index is 9.98. The molecule has 0 unspecified atom stereocenters. The van der Waals surface area contributed by atoms with Crippen molar-refractivity contribution in [2.75, 3.05) is 6.61 Å². The van der Waals surface area contributed by atoms with Crippen LogP contribution in [0.2, 0.25) is 5.02 Å². The van der Waals surface area contributed by atoms with Crippen molar-refractivity contribution < 1.29 is 9.47 Å². The number of nitrogens with zero attached hydrogens (tertiary/aromatic N) is 3. The van der Waals surface area contributed by atoms with Gasteiger partial charge in [0.25, 0.3) is 5.91 Å². The number of hydrogen-bond acceptors (Lipinski definition) is 6. The van der Waals surface area contributed by atoms with Crippen LogP contribution in [-0.4, -0.2) is 24.5 Å². The average Bonchev–Trinajstić information content (AvgIpc) is 2.91. The third-order valence-corrected chi connectivity index (χ3v) is 5.36. The number of ether oxygens (including phenoxy) is 2. The lowest BCUT2D eigenvalue weighted by atomic mass is 9.94. The zero-order valence-electron chi connectivity index (χ0n) is 12.3. The summed E-state index contributed by atoms with van der Waals surface area (Å²) in [6, 6.07) is 11.6. The first kappa shape index (κ1) is 14.5. The van der Waals surface area contributed by atoms with Crippen molar-refractivity contribution in [2.45, 2.75) is 24.9 Å². The quantitative estimate of drug-likeness (QED) is 0.848. The molecule has 0 aromatic heterocycles. The second-order valence-corrected chi connectivity index (χ2v) is 6.52. The van der Waals surface area contributed by atoms with Crippen LogP contribution in [0.3, 0.4) is 0 Å². The van der Waals surface area contributed by atoms with Crippen LogP contribution in [0.4, 0.5) is 0 Å². The van der Waals surface area contributed by atoms with Crippen LogP contribution in [-0.2, 0) is 9.47 Å². The number of rotatable bonds is 1. The summed E-state index contributed by atoms with van der Waals surface area (Å²) in [6.07, 6.45) is -0.237. The monoisotopic (exact) mass is 328 g/mol. The molecule has 2 N–H and O–H groups in total. The maximum atomic E-state index is 9.98. The van der Waals surface area contributed by atoms with Crippen molar-refractivity contribution >= 4 is 17.4 Å². The van der Waals surface area contributed by atoms with Crippen molar-refractivity contribution in [1.82, 2.24) is 0 Å². The molecular weight excluding hydrogens is 316 g/mol. The first-order chi connectivity index (χ1) is 11.0. The molecule has 23 heavy (non-hydrogen) atoms. The maximum Gasteiger partial charge on any atom is 0.293 e. The molecule has 0 radical (unpaired) electrons. The number of hydrogen-bond donors (Lipinski definition) is 1. The van der Waals surface area contributed by atoms with Gasteiger partial charge in [-0.1, -0.05) is 29.8 Å². The van der Waals surface area contributed by atoms with Gasteiger partial charge in [0, 0.05) is 10.9 Å². The first-order valence-electron chi connectivity index (χ1n) is 7.23. The molecule has 1 saturated carbocycles. The van der Waals surface area contributed by atoms with E-state index in [2.05, 4.69) is 17.1 Å². The van der Waals surface area contributed by atoms with Crippen molar-refractivity contribution in [1.29, 1.82) is 10.5 Å². The summed E-state index contributed by atoms with van der Waals surface area (Å²) in [4.78, 5) is 4.25. The predicted octanol–water partition coefficient (Wildman–Crippen LogP) is 1.92. The van der Waals surface area contributed by atoms with Crippen LogP contribution in [0.15, 0.2) is 29.3 Å². The minimum atomic E-state index is -1.54. The lowest BCUT2D eigenvalue weighted by Gasteiger charge is -2.26. The number of nitrogens with two attached hydrogens (primary N) is 1. The molecule has 2 aliphatic heterocycles. The Morgan fingerprint density at radius 3 is 2.65 bits per heavy atom. The van der Waals surface area contributed by atoms with E-state index in [1.54, 1.807) is 18.2 Å². The molecule has 1 spiro atoms. The van der Waals surface area contributed by atoms with Gasteiger partial charge in [0.1, 0.15) is 11.3 Å². The zero-order chi connectivity index (χ0) is 16.5. The van der Waals surface area contributed by atoms with Crippen LogP contribution in [0, 0.1) is 33.5 Å². The zero-order valence-corrected chi connectivity index (χ0v) is 13.0. The minimum absolute atomic E-state index is 0.0700. The highest BCUT2D eigenvalue weighted by atomic mass is 35.5. The SMILES string of the molecule is C[C@H]1CO[C@@]2(N=C(N)[C@@]3(C#N)[C@@H](c4ccccc4Cl)[C@@]23C#N)O1. The summed E-state index contributed by atoms with van der Waals surface area (Å²) in [5, 5.41) is 20.3. The highest BCUT2D eigenvalue weighted by molar-refractivity contribution is 6.31. The van der Waals surface area contributed by atoms with Gasteiger partial charge < -0.3 is 15.2 Å². The normalized spacial score (nSPS) is 43.6. The van der Waals surface area contributed by atoms with Gasteiger partial charge in [0.2, 0.25) is 0 Å². The summed E-state index contributed by atoms with van der Waals surface area (Å²) in [7, 11) is 0. The van der Waals surface area contributed by atoms with Gasteiger partial charge in [-0.25, -0.2) is 4.99 Å². The molecule has 2 heterocycles. The Morgan fingerprint density at radius 2 is 2.09 bits per heavy atom. The lowest BCUT2D eigenvalue weighted by molar-refractivity contribution is -0.193. The van der Waals surface area contributed by atoms with Crippen LogP contribution in [0.25, 0.3) is 0 Å². The highest BCUT2D eigenvalue weighted by Crippen LogP contribution is 2.82. The third-order valence-electron chi connectivity index (χ3n) is 5.02. The average molecular weight is 329 g/mol. The van der Waals surface area contributed by atoms with E-state index >= 15 is 0 Å². The molecule has 0 amide bonds. The fraction of sp³-hybridized carbons (Fsp3) is 0.438. The summed E-state index contributed by atoms with van der Waals surface area (Å²) in [5.74, 6) is -2.01. The molecular formula is C16H13ClN4O2. The molecule has 7 heteroatoms. The van der Waals surface area contributed by atoms with Gasteiger partial charge in [-0.3, -0.25) is 0 Å². The van der Waals surface area contributed by atoms with Crippen LogP contribution in [0.5, 0.6) is 0 Å². The first-order valence-corrected chi connectivity index (χ1v) is 7.61. The van der Waals surface area contributed by atoms with Crippen molar-refractivity contribution in [3.63, 3.8) is 0 Å². The fourth-order valence-electron chi connectivity index (χ4n) is 4.04. The van der Waals surface area contributed by atoms with E-state index in [1.165, 1.54) is 0 Å². The Bertz CT molecular complexity index is 828. The van der Waals surface area contributed by atoms with Crippen LogP contribution in [0.1, 0.15) is 18.4 Å². The number of amidine groups is 1. The van der Waals surface area contributed by atoms with Gasteiger partial charge in [-0.15, -0.1) is 0 Å². The van der Waals surface area contributed by atoms with Crippen molar-refractivity contribution in [3.05, 3.63) is 34.9 Å². The van der Waals surface area contributed by atoms with Gasteiger partial charge in [-0.05, 0) is 18.6 Å². The van der Waals surface area contributed by atoms with Gasteiger partial charge >= 0.3 is 0 Å². The number of benzene rings is 1. The predicted molar refractivity (Wildman–Crippen MR) is 81.1 cm³/mol.